The molecule has 7 heteroatoms. The first-order valence-electron chi connectivity index (χ1n) is 7.68. The molecule has 3 rings (SSSR count). The normalized spacial score (nSPS) is 49.0. The van der Waals surface area contributed by atoms with E-state index in [9.17, 15) is 15.0 Å². The monoisotopic (exact) mass is 336 g/mol. The molecule has 2 aliphatic heterocycles. The van der Waals surface area contributed by atoms with Gasteiger partial charge in [-0.1, -0.05) is 19.4 Å². The number of hydrogen-bond donors (Lipinski definition) is 0. The minimum absolute atomic E-state index is 0.140. The number of fused-ring (bicyclic) bond motifs is 3. The summed E-state index contributed by atoms with van der Waals surface area (Å²) in [5.41, 5.74) is -3.46. The Hall–Kier alpha value is -1.43. The number of carbonyl (C=O) groups excluding carboxylic acids is 1. The topological polar surface area (TPSA) is 103 Å². The van der Waals surface area contributed by atoms with Crippen LogP contribution in [0.3, 0.4) is 0 Å². The fourth-order valence-electron chi connectivity index (χ4n) is 4.42. The second-order valence-corrected chi connectivity index (χ2v) is 6.98. The minimum atomic E-state index is -1.59. The van der Waals surface area contributed by atoms with Crippen LogP contribution in [0.4, 0.5) is 0 Å². The maximum absolute atomic E-state index is 12.5. The van der Waals surface area contributed by atoms with Gasteiger partial charge in [0.25, 0.3) is 0 Å². The van der Waals surface area contributed by atoms with Gasteiger partial charge in [-0.25, -0.2) is 0 Å². The Morgan fingerprint density at radius 3 is 2.67 bits per heavy atom. The van der Waals surface area contributed by atoms with Crippen molar-refractivity contribution in [1.82, 2.24) is 0 Å². The summed E-state index contributed by atoms with van der Waals surface area (Å²) < 4.78 is 21.8. The molecule has 2 heterocycles. The SMILES string of the molecule is C#CC12O[C@@H]([O-])[C@H](OCOC)C1C(C)(C(=C)C(=O)[O-])CC1OC12C. The second-order valence-electron chi connectivity index (χ2n) is 6.98. The van der Waals surface area contributed by atoms with Crippen molar-refractivity contribution in [3.63, 3.8) is 0 Å². The van der Waals surface area contributed by atoms with E-state index in [1.807, 2.05) is 0 Å². The maximum atomic E-state index is 12.5. The number of carboxylic acid groups (broad SMARTS) is 1. The highest BCUT2D eigenvalue weighted by atomic mass is 16.7. The van der Waals surface area contributed by atoms with E-state index in [2.05, 4.69) is 12.5 Å². The highest BCUT2D eigenvalue weighted by Crippen LogP contribution is 2.67. The zero-order valence-corrected chi connectivity index (χ0v) is 13.9. The lowest BCUT2D eigenvalue weighted by Crippen LogP contribution is -2.61. The van der Waals surface area contributed by atoms with E-state index < -0.39 is 40.9 Å². The molecule has 0 aromatic rings. The van der Waals surface area contributed by atoms with E-state index >= 15 is 0 Å². The number of aliphatic carboxylic acids is 1. The fourth-order valence-corrected chi connectivity index (χ4v) is 4.42. The summed E-state index contributed by atoms with van der Waals surface area (Å²) in [5.74, 6) is 0.430. The van der Waals surface area contributed by atoms with Gasteiger partial charge in [0.2, 0.25) is 0 Å². The Morgan fingerprint density at radius 1 is 1.46 bits per heavy atom. The first-order chi connectivity index (χ1) is 11.2. The highest BCUT2D eigenvalue weighted by molar-refractivity contribution is 5.86. The molecule has 1 saturated carbocycles. The third-order valence-corrected chi connectivity index (χ3v) is 5.84. The molecule has 2 saturated heterocycles. The van der Waals surface area contributed by atoms with E-state index in [1.165, 1.54) is 7.11 Å². The molecule has 7 atom stereocenters. The van der Waals surface area contributed by atoms with E-state index in [0.29, 0.717) is 6.42 Å². The lowest BCUT2D eigenvalue weighted by Gasteiger charge is -2.50. The van der Waals surface area contributed by atoms with E-state index in [1.54, 1.807) is 13.8 Å². The summed E-state index contributed by atoms with van der Waals surface area (Å²) in [4.78, 5) is 11.5. The van der Waals surface area contributed by atoms with Crippen molar-refractivity contribution in [1.29, 1.82) is 0 Å². The first-order valence-corrected chi connectivity index (χ1v) is 7.68. The van der Waals surface area contributed by atoms with Gasteiger partial charge in [-0.3, -0.25) is 0 Å². The number of rotatable bonds is 5. The number of epoxide rings is 1. The van der Waals surface area contributed by atoms with Gasteiger partial charge in [0.1, 0.15) is 12.4 Å². The van der Waals surface area contributed by atoms with Gasteiger partial charge in [-0.2, -0.15) is 0 Å². The molecule has 3 fully saturated rings. The van der Waals surface area contributed by atoms with Crippen molar-refractivity contribution in [3.05, 3.63) is 12.2 Å². The van der Waals surface area contributed by atoms with Crippen LogP contribution in [-0.2, 0) is 23.7 Å². The summed E-state index contributed by atoms with van der Waals surface area (Å²) in [6.45, 7) is 6.98. The molecule has 24 heavy (non-hydrogen) atoms. The highest BCUT2D eigenvalue weighted by Gasteiger charge is 2.79. The standard InChI is InChI=1S/C17H21O7/c1-6-17-12(11(14(20)24-17)22-8-21-5)15(3,9(2)13(18)19)7-10-16(17,4)23-10/h1,10-12,14H,2,7-8H2,3-5H3,(H,18,19)/q-1/p-1/t10?,11-,12?,14-,15?,16?,17?/m1/s1. The van der Waals surface area contributed by atoms with Crippen molar-refractivity contribution in [2.75, 3.05) is 13.9 Å². The first kappa shape index (κ1) is 17.4. The van der Waals surface area contributed by atoms with Crippen molar-refractivity contribution < 1.29 is 34.0 Å². The third kappa shape index (κ3) is 1.95. The van der Waals surface area contributed by atoms with E-state index in [0.717, 1.165) is 0 Å². The zero-order chi connectivity index (χ0) is 17.9. The molecule has 0 amide bonds. The van der Waals surface area contributed by atoms with Crippen molar-refractivity contribution in [2.45, 2.75) is 50.0 Å². The van der Waals surface area contributed by atoms with Crippen LogP contribution in [0.2, 0.25) is 0 Å². The number of carbonyl (C=O) groups is 1. The lowest BCUT2D eigenvalue weighted by atomic mass is 9.54. The van der Waals surface area contributed by atoms with Crippen LogP contribution in [-0.4, -0.2) is 49.6 Å². The average molecular weight is 336 g/mol. The Kier molecular flexibility index (Phi) is 3.83. The fraction of sp³-hybridized carbons (Fsp3) is 0.706. The van der Waals surface area contributed by atoms with Crippen LogP contribution in [0, 0.1) is 23.7 Å². The quantitative estimate of drug-likeness (QED) is 0.262. The summed E-state index contributed by atoms with van der Waals surface area (Å²) in [5, 5.41) is 24.0. The largest absolute Gasteiger partial charge is 0.829 e. The second kappa shape index (κ2) is 5.28. The summed E-state index contributed by atoms with van der Waals surface area (Å²) in [6.07, 6.45) is 3.19. The summed E-state index contributed by atoms with van der Waals surface area (Å²) in [7, 11) is 1.42. The van der Waals surface area contributed by atoms with Gasteiger partial charge in [-0.15, -0.1) is 6.42 Å². The van der Waals surface area contributed by atoms with Gasteiger partial charge in [0.15, 0.2) is 5.60 Å². The van der Waals surface area contributed by atoms with Crippen LogP contribution in [0.25, 0.3) is 0 Å². The predicted octanol–water partition coefficient (Wildman–Crippen LogP) is -1.45. The van der Waals surface area contributed by atoms with Crippen LogP contribution in [0.15, 0.2) is 12.2 Å². The summed E-state index contributed by atoms with van der Waals surface area (Å²) in [6, 6.07) is 0. The Morgan fingerprint density at radius 2 is 2.12 bits per heavy atom. The molecule has 0 N–H and O–H groups in total. The van der Waals surface area contributed by atoms with Crippen molar-refractivity contribution >= 4 is 5.97 Å². The molecular formula is C17H20O7-2. The molecule has 0 bridgehead atoms. The number of terminal acetylenes is 1. The van der Waals surface area contributed by atoms with E-state index in [4.69, 9.17) is 25.4 Å². The Labute approximate surface area is 140 Å². The van der Waals surface area contributed by atoms with Crippen LogP contribution in [0.5, 0.6) is 0 Å². The van der Waals surface area contributed by atoms with Gasteiger partial charge in [-0.05, 0) is 18.9 Å². The molecule has 0 radical (unpaired) electrons. The molecule has 3 aliphatic rings. The molecule has 132 valence electrons. The van der Waals surface area contributed by atoms with Gasteiger partial charge in [0.05, 0.1) is 18.2 Å². The minimum Gasteiger partial charge on any atom is -0.829 e. The zero-order valence-electron chi connectivity index (χ0n) is 13.9. The van der Waals surface area contributed by atoms with Gasteiger partial charge in [0, 0.05) is 24.7 Å². The van der Waals surface area contributed by atoms with Crippen LogP contribution < -0.4 is 10.2 Å². The molecule has 0 aromatic carbocycles. The van der Waals surface area contributed by atoms with Gasteiger partial charge < -0.3 is 34.0 Å². The van der Waals surface area contributed by atoms with Crippen molar-refractivity contribution in [3.8, 4) is 12.3 Å². The summed E-state index contributed by atoms with van der Waals surface area (Å²) >= 11 is 0. The number of ether oxygens (including phenoxy) is 4. The smallest absolute Gasteiger partial charge is 0.164 e. The Bertz CT molecular complexity index is 625. The predicted molar refractivity (Wildman–Crippen MR) is 76.8 cm³/mol. The number of methoxy groups -OCH3 is 1. The molecule has 0 aromatic heterocycles. The molecule has 0 spiro atoms. The average Bonchev–Trinajstić information content (AvgIpc) is 3.08. The number of hydrogen-bond acceptors (Lipinski definition) is 7. The molecule has 5 unspecified atom stereocenters. The number of carboxylic acids is 1. The third-order valence-electron chi connectivity index (χ3n) is 5.84. The Balaban J connectivity index is 2.12. The van der Waals surface area contributed by atoms with Crippen LogP contribution >= 0.6 is 0 Å². The van der Waals surface area contributed by atoms with Crippen LogP contribution in [0.1, 0.15) is 20.3 Å². The lowest BCUT2D eigenvalue weighted by molar-refractivity contribution is -0.505. The maximum Gasteiger partial charge on any atom is 0.164 e. The molecular weight excluding hydrogens is 316 g/mol. The molecule has 1 aliphatic carbocycles. The van der Waals surface area contributed by atoms with Crippen molar-refractivity contribution in [2.24, 2.45) is 11.3 Å². The van der Waals surface area contributed by atoms with Gasteiger partial charge >= 0.3 is 0 Å². The van der Waals surface area contributed by atoms with E-state index in [-0.39, 0.29) is 18.5 Å². The molecule has 7 nitrogen and oxygen atoms in total.